The summed E-state index contributed by atoms with van der Waals surface area (Å²) in [5.74, 6) is 1.31. The third-order valence-electron chi connectivity index (χ3n) is 6.78. The Morgan fingerprint density at radius 3 is 2.59 bits per heavy atom. The average Bonchev–Trinajstić information content (AvgIpc) is 3.68. The van der Waals surface area contributed by atoms with Crippen LogP contribution in [0.4, 0.5) is 16.2 Å². The lowest BCUT2D eigenvalue weighted by Gasteiger charge is -2.34. The van der Waals surface area contributed by atoms with Gasteiger partial charge in [0.1, 0.15) is 23.3 Å². The molecule has 2 N–H and O–H groups in total. The van der Waals surface area contributed by atoms with Crippen molar-refractivity contribution in [2.75, 3.05) is 30.2 Å². The summed E-state index contributed by atoms with van der Waals surface area (Å²) in [6.45, 7) is 8.42. The average molecular weight is 557 g/mol. The smallest absolute Gasteiger partial charge is 0.410 e. The van der Waals surface area contributed by atoms with E-state index in [0.717, 1.165) is 29.9 Å². The number of likely N-dealkylation sites (tertiary alicyclic amines) is 1. The molecule has 1 saturated heterocycles. The molecule has 210 valence electrons. The summed E-state index contributed by atoms with van der Waals surface area (Å²) in [7, 11) is -1.63. The number of ether oxygens (including phenoxy) is 2. The van der Waals surface area contributed by atoms with Gasteiger partial charge in [-0.05, 0) is 77.6 Å². The van der Waals surface area contributed by atoms with Gasteiger partial charge in [-0.3, -0.25) is 9.12 Å². The molecule has 0 bridgehead atoms. The first-order chi connectivity index (χ1) is 18.4. The van der Waals surface area contributed by atoms with Crippen LogP contribution in [0, 0.1) is 6.92 Å². The maximum atomic E-state index is 12.7. The largest absolute Gasteiger partial charge is 0.488 e. The number of aryl methyl sites for hydroxylation is 1. The molecule has 1 unspecified atom stereocenters. The number of anilines is 2. The van der Waals surface area contributed by atoms with Gasteiger partial charge in [0.25, 0.3) is 0 Å². The Labute approximate surface area is 228 Å². The zero-order valence-corrected chi connectivity index (χ0v) is 23.8. The quantitative estimate of drug-likeness (QED) is 0.438. The molecule has 1 aliphatic carbocycles. The second-order valence-corrected chi connectivity index (χ2v) is 13.2. The number of hydrogen-bond acceptors (Lipinski definition) is 8. The van der Waals surface area contributed by atoms with Crippen molar-refractivity contribution < 1.29 is 22.7 Å². The van der Waals surface area contributed by atoms with Gasteiger partial charge in [-0.15, -0.1) is 10.2 Å². The molecule has 3 aromatic rings. The first-order valence-corrected chi connectivity index (χ1v) is 14.8. The summed E-state index contributed by atoms with van der Waals surface area (Å²) in [4.78, 5) is 14.4. The second-order valence-electron chi connectivity index (χ2n) is 11.2. The molecule has 0 spiro atoms. The number of nitrogens with one attached hydrogen (secondary N) is 2. The van der Waals surface area contributed by atoms with Crippen LogP contribution in [0.2, 0.25) is 0 Å². The van der Waals surface area contributed by atoms with E-state index in [4.69, 9.17) is 9.47 Å². The Hall–Kier alpha value is -3.54. The molecule has 11 nitrogen and oxygen atoms in total. The number of aromatic nitrogens is 3. The highest BCUT2D eigenvalue weighted by Gasteiger charge is 2.36. The lowest BCUT2D eigenvalue weighted by atomic mass is 10.0. The zero-order chi connectivity index (χ0) is 27.9. The van der Waals surface area contributed by atoms with Crippen molar-refractivity contribution >= 4 is 33.1 Å². The summed E-state index contributed by atoms with van der Waals surface area (Å²) in [6, 6.07) is 7.24. The maximum Gasteiger partial charge on any atom is 0.410 e. The molecule has 2 fully saturated rings. The van der Waals surface area contributed by atoms with E-state index < -0.39 is 15.6 Å². The van der Waals surface area contributed by atoms with Crippen LogP contribution in [0.3, 0.4) is 0 Å². The molecular formula is C27H36N6O5S. The highest BCUT2D eigenvalue weighted by Crippen LogP contribution is 2.38. The minimum atomic E-state index is -3.44. The Balaban J connectivity index is 1.49. The molecular weight excluding hydrogens is 520 g/mol. The summed E-state index contributed by atoms with van der Waals surface area (Å²) < 4.78 is 42.0. The number of pyridine rings is 1. The molecule has 39 heavy (non-hydrogen) atoms. The zero-order valence-electron chi connectivity index (χ0n) is 23.0. The van der Waals surface area contributed by atoms with Crippen molar-refractivity contribution in [3.05, 3.63) is 36.3 Å². The first-order valence-electron chi connectivity index (χ1n) is 13.3. The van der Waals surface area contributed by atoms with Crippen LogP contribution in [-0.4, -0.2) is 71.1 Å². The lowest BCUT2D eigenvalue weighted by Crippen LogP contribution is -2.46. The number of rotatable bonds is 7. The number of carbonyl (C=O) groups is 1. The Morgan fingerprint density at radius 2 is 1.90 bits per heavy atom. The van der Waals surface area contributed by atoms with Gasteiger partial charge in [-0.1, -0.05) is 0 Å². The molecule has 12 heteroatoms. The van der Waals surface area contributed by atoms with Gasteiger partial charge in [0, 0.05) is 36.6 Å². The van der Waals surface area contributed by atoms with E-state index in [1.807, 2.05) is 51.4 Å². The Morgan fingerprint density at radius 1 is 1.13 bits per heavy atom. The summed E-state index contributed by atoms with van der Waals surface area (Å²) in [5.41, 5.74) is 2.87. The van der Waals surface area contributed by atoms with Gasteiger partial charge in [0.15, 0.2) is 5.65 Å². The molecule has 1 atom stereocenters. The fourth-order valence-corrected chi connectivity index (χ4v) is 6.07. The first kappa shape index (κ1) is 27.0. The summed E-state index contributed by atoms with van der Waals surface area (Å²) in [5, 5.41) is 11.3. The van der Waals surface area contributed by atoms with E-state index in [-0.39, 0.29) is 17.4 Å². The molecule has 1 aromatic carbocycles. The minimum absolute atomic E-state index is 0.247. The number of piperidine rings is 1. The molecule has 1 saturated carbocycles. The predicted molar refractivity (Wildman–Crippen MR) is 150 cm³/mol. The number of sulfonamides is 1. The SMILES string of the molecule is CNc1cc(-c2cc(NS(=O)(=O)C3CC3)ccc2OC2CCCN(C(=O)OC(C)(C)C)C2)cn2c(C)nnc12. The van der Waals surface area contributed by atoms with Crippen LogP contribution in [0.15, 0.2) is 30.5 Å². The van der Waals surface area contributed by atoms with Gasteiger partial charge >= 0.3 is 6.09 Å². The molecule has 2 aromatic heterocycles. The fourth-order valence-electron chi connectivity index (χ4n) is 4.69. The van der Waals surface area contributed by atoms with E-state index in [0.29, 0.717) is 48.6 Å². The van der Waals surface area contributed by atoms with Crippen molar-refractivity contribution in [3.63, 3.8) is 0 Å². The van der Waals surface area contributed by atoms with Crippen LogP contribution >= 0.6 is 0 Å². The van der Waals surface area contributed by atoms with E-state index in [1.54, 1.807) is 23.1 Å². The van der Waals surface area contributed by atoms with Crippen molar-refractivity contribution in [3.8, 4) is 16.9 Å². The highest BCUT2D eigenvalue weighted by atomic mass is 32.2. The predicted octanol–water partition coefficient (Wildman–Crippen LogP) is 4.43. The van der Waals surface area contributed by atoms with Crippen LogP contribution < -0.4 is 14.8 Å². The molecule has 3 heterocycles. The van der Waals surface area contributed by atoms with Crippen molar-refractivity contribution in [1.82, 2.24) is 19.5 Å². The molecule has 2 aliphatic rings. The van der Waals surface area contributed by atoms with E-state index >= 15 is 0 Å². The summed E-state index contributed by atoms with van der Waals surface area (Å²) in [6.07, 6.45) is 4.23. The molecule has 0 radical (unpaired) electrons. The number of fused-ring (bicyclic) bond motifs is 1. The normalized spacial score (nSPS) is 18.2. The number of carbonyl (C=O) groups excluding carboxylic acids is 1. The Bertz CT molecular complexity index is 1490. The summed E-state index contributed by atoms with van der Waals surface area (Å²) >= 11 is 0. The standard InChI is InChI=1S/C27H36N6O5S/c1-17-29-30-25-23(28-5)13-18(15-33(17)25)22-14-19(31-39(35,36)21-9-10-21)8-11-24(22)37-20-7-6-12-32(16-20)26(34)38-27(2,3)4/h8,11,13-15,20-21,28,31H,6-7,9-10,12,16H2,1-5H3. The second kappa shape index (κ2) is 10.2. The molecule has 1 aliphatic heterocycles. The number of nitrogens with zero attached hydrogens (tertiary/aromatic N) is 4. The van der Waals surface area contributed by atoms with Gasteiger partial charge in [0.2, 0.25) is 10.0 Å². The van der Waals surface area contributed by atoms with Gasteiger partial charge < -0.3 is 19.7 Å². The third-order valence-corrected chi connectivity index (χ3v) is 8.65. The van der Waals surface area contributed by atoms with Crippen molar-refractivity contribution in [2.24, 2.45) is 0 Å². The maximum absolute atomic E-state index is 12.7. The molecule has 5 rings (SSSR count). The number of benzene rings is 1. The monoisotopic (exact) mass is 556 g/mol. The van der Waals surface area contributed by atoms with Crippen molar-refractivity contribution in [2.45, 2.75) is 70.3 Å². The fraction of sp³-hybridized carbons (Fsp3) is 0.519. The van der Waals surface area contributed by atoms with Crippen LogP contribution in [0.5, 0.6) is 5.75 Å². The number of hydrogen-bond donors (Lipinski definition) is 2. The van der Waals surface area contributed by atoms with Crippen molar-refractivity contribution in [1.29, 1.82) is 0 Å². The third kappa shape index (κ3) is 6.05. The van der Waals surface area contributed by atoms with E-state index in [2.05, 4.69) is 20.2 Å². The topological polar surface area (TPSA) is 127 Å². The van der Waals surface area contributed by atoms with Crippen LogP contribution in [-0.2, 0) is 14.8 Å². The molecule has 1 amide bonds. The highest BCUT2D eigenvalue weighted by molar-refractivity contribution is 7.93. The van der Waals surface area contributed by atoms with Gasteiger partial charge in [0.05, 0.1) is 17.5 Å². The van der Waals surface area contributed by atoms with E-state index in [9.17, 15) is 13.2 Å². The van der Waals surface area contributed by atoms with Gasteiger partial charge in [-0.25, -0.2) is 13.2 Å². The van der Waals surface area contributed by atoms with Gasteiger partial charge in [-0.2, -0.15) is 0 Å². The minimum Gasteiger partial charge on any atom is -0.488 e. The van der Waals surface area contributed by atoms with E-state index in [1.165, 1.54) is 0 Å². The Kier molecular flexibility index (Phi) is 7.08. The van der Waals surface area contributed by atoms with Crippen LogP contribution in [0.1, 0.15) is 52.3 Å². The number of amides is 1. The van der Waals surface area contributed by atoms with Crippen LogP contribution in [0.25, 0.3) is 16.8 Å². The lowest BCUT2D eigenvalue weighted by molar-refractivity contribution is 0.00783.